The second kappa shape index (κ2) is 10.0. The van der Waals surface area contributed by atoms with Crippen molar-refractivity contribution < 1.29 is 9.47 Å². The zero-order valence-electron chi connectivity index (χ0n) is 15.8. The standard InChI is InChI=1S/C19H30N4O2/c1-5-20-18-15(2)14-21-19(22-18)23(3)16-8-6-9-17(11-10-16)25-13-7-12-24-4/h10-11,14H,5-9,12-13H2,1-4H3,(H,20,21,22). The van der Waals surface area contributed by atoms with Crippen LogP contribution in [-0.2, 0) is 9.47 Å². The molecule has 0 atom stereocenters. The number of rotatable bonds is 9. The van der Waals surface area contributed by atoms with Crippen molar-refractivity contribution in [1.29, 1.82) is 0 Å². The molecule has 0 saturated heterocycles. The van der Waals surface area contributed by atoms with E-state index in [2.05, 4.69) is 39.3 Å². The lowest BCUT2D eigenvalue weighted by Crippen LogP contribution is -2.20. The van der Waals surface area contributed by atoms with Gasteiger partial charge in [0.2, 0.25) is 5.95 Å². The number of ether oxygens (including phenoxy) is 2. The van der Waals surface area contributed by atoms with Crippen LogP contribution in [0.15, 0.2) is 29.8 Å². The van der Waals surface area contributed by atoms with Gasteiger partial charge in [-0.1, -0.05) is 0 Å². The van der Waals surface area contributed by atoms with Crippen molar-refractivity contribution in [3.8, 4) is 0 Å². The predicted molar refractivity (Wildman–Crippen MR) is 102 cm³/mol. The molecule has 1 aliphatic rings. The van der Waals surface area contributed by atoms with Gasteiger partial charge >= 0.3 is 0 Å². The molecule has 1 heterocycles. The van der Waals surface area contributed by atoms with Crippen LogP contribution in [0, 0.1) is 6.92 Å². The Morgan fingerprint density at radius 1 is 1.24 bits per heavy atom. The second-order valence-corrected chi connectivity index (χ2v) is 6.13. The van der Waals surface area contributed by atoms with E-state index in [9.17, 15) is 0 Å². The van der Waals surface area contributed by atoms with Crippen LogP contribution in [0.5, 0.6) is 0 Å². The summed E-state index contributed by atoms with van der Waals surface area (Å²) < 4.78 is 10.9. The van der Waals surface area contributed by atoms with Crippen molar-refractivity contribution in [2.45, 2.75) is 39.5 Å². The highest BCUT2D eigenvalue weighted by Gasteiger charge is 2.14. The smallest absolute Gasteiger partial charge is 0.231 e. The molecule has 0 aliphatic heterocycles. The molecule has 2 rings (SSSR count). The Labute approximate surface area is 150 Å². The number of anilines is 2. The molecular formula is C19H30N4O2. The molecular weight excluding hydrogens is 316 g/mol. The summed E-state index contributed by atoms with van der Waals surface area (Å²) in [5.41, 5.74) is 2.25. The van der Waals surface area contributed by atoms with Gasteiger partial charge in [0.1, 0.15) is 5.82 Å². The third-order valence-electron chi connectivity index (χ3n) is 4.13. The molecule has 0 radical (unpaired) electrons. The Morgan fingerprint density at radius 2 is 2.08 bits per heavy atom. The molecule has 6 nitrogen and oxygen atoms in total. The van der Waals surface area contributed by atoms with Gasteiger partial charge in [-0.15, -0.1) is 0 Å². The third-order valence-corrected chi connectivity index (χ3v) is 4.13. The van der Waals surface area contributed by atoms with Gasteiger partial charge in [0.15, 0.2) is 0 Å². The molecule has 6 heteroatoms. The van der Waals surface area contributed by atoms with Crippen molar-refractivity contribution in [3.63, 3.8) is 0 Å². The summed E-state index contributed by atoms with van der Waals surface area (Å²) in [7, 11) is 3.73. The van der Waals surface area contributed by atoms with Gasteiger partial charge in [-0.3, -0.25) is 0 Å². The van der Waals surface area contributed by atoms with E-state index >= 15 is 0 Å². The number of aryl methyl sites for hydroxylation is 1. The molecule has 1 aromatic rings. The minimum Gasteiger partial charge on any atom is -0.498 e. The van der Waals surface area contributed by atoms with Gasteiger partial charge in [-0.25, -0.2) is 4.98 Å². The summed E-state index contributed by atoms with van der Waals surface area (Å²) in [4.78, 5) is 11.2. The maximum Gasteiger partial charge on any atom is 0.231 e. The third kappa shape index (κ3) is 5.74. The maximum atomic E-state index is 5.84. The van der Waals surface area contributed by atoms with E-state index in [0.29, 0.717) is 12.6 Å². The quantitative estimate of drug-likeness (QED) is 0.689. The summed E-state index contributed by atoms with van der Waals surface area (Å²) in [6.07, 6.45) is 9.96. The Bertz CT molecular complexity index is 613. The van der Waals surface area contributed by atoms with Gasteiger partial charge in [0, 0.05) is 57.6 Å². The van der Waals surface area contributed by atoms with Crippen molar-refractivity contribution in [2.24, 2.45) is 0 Å². The summed E-state index contributed by atoms with van der Waals surface area (Å²) in [5, 5.41) is 3.29. The fourth-order valence-corrected chi connectivity index (χ4v) is 2.68. The van der Waals surface area contributed by atoms with E-state index in [-0.39, 0.29) is 0 Å². The molecule has 1 aromatic heterocycles. The topological polar surface area (TPSA) is 59.5 Å². The monoisotopic (exact) mass is 346 g/mol. The van der Waals surface area contributed by atoms with E-state index in [0.717, 1.165) is 56.0 Å². The fraction of sp³-hybridized carbons (Fsp3) is 0.579. The number of methoxy groups -OCH3 is 1. The van der Waals surface area contributed by atoms with Crippen LogP contribution in [0.1, 0.15) is 38.2 Å². The van der Waals surface area contributed by atoms with E-state index in [1.165, 1.54) is 5.70 Å². The van der Waals surface area contributed by atoms with Gasteiger partial charge in [0.05, 0.1) is 12.4 Å². The van der Waals surface area contributed by atoms with Crippen molar-refractivity contribution in [1.82, 2.24) is 9.97 Å². The average Bonchev–Trinajstić information content (AvgIpc) is 2.86. The molecule has 138 valence electrons. The number of hydrogen-bond acceptors (Lipinski definition) is 6. The largest absolute Gasteiger partial charge is 0.498 e. The van der Waals surface area contributed by atoms with Crippen molar-refractivity contribution in [2.75, 3.05) is 44.1 Å². The van der Waals surface area contributed by atoms with E-state index < -0.39 is 0 Å². The molecule has 0 fully saturated rings. The van der Waals surface area contributed by atoms with Crippen LogP contribution in [-0.4, -0.2) is 43.9 Å². The number of allylic oxidation sites excluding steroid dienone is 4. The summed E-state index contributed by atoms with van der Waals surface area (Å²) in [6.45, 7) is 6.36. The van der Waals surface area contributed by atoms with Gasteiger partial charge in [0.25, 0.3) is 0 Å². The number of aromatic nitrogens is 2. The fourth-order valence-electron chi connectivity index (χ4n) is 2.68. The van der Waals surface area contributed by atoms with Gasteiger partial charge in [-0.2, -0.15) is 4.98 Å². The molecule has 0 saturated carbocycles. The van der Waals surface area contributed by atoms with Crippen molar-refractivity contribution in [3.05, 3.63) is 35.4 Å². The Morgan fingerprint density at radius 3 is 2.84 bits per heavy atom. The Balaban J connectivity index is 2.05. The minimum atomic E-state index is 0.700. The average molecular weight is 346 g/mol. The molecule has 0 aromatic carbocycles. The van der Waals surface area contributed by atoms with E-state index in [1.807, 2.05) is 20.2 Å². The van der Waals surface area contributed by atoms with Crippen LogP contribution in [0.4, 0.5) is 11.8 Å². The highest BCUT2D eigenvalue weighted by atomic mass is 16.5. The lowest BCUT2D eigenvalue weighted by atomic mass is 10.2. The predicted octanol–water partition coefficient (Wildman–Crippen LogP) is 3.66. The lowest BCUT2D eigenvalue weighted by Gasteiger charge is -2.21. The Kier molecular flexibility index (Phi) is 7.73. The SMILES string of the molecule is CCNc1nc(N(C)C2=CC=C(OCCCOC)CCC2)ncc1C. The van der Waals surface area contributed by atoms with Crippen LogP contribution in [0.3, 0.4) is 0 Å². The van der Waals surface area contributed by atoms with Crippen LogP contribution < -0.4 is 10.2 Å². The lowest BCUT2D eigenvalue weighted by molar-refractivity contribution is 0.141. The molecule has 0 bridgehead atoms. The molecule has 25 heavy (non-hydrogen) atoms. The normalized spacial score (nSPS) is 14.4. The molecule has 1 aliphatic carbocycles. The molecule has 1 N–H and O–H groups in total. The highest BCUT2D eigenvalue weighted by molar-refractivity contribution is 5.49. The number of nitrogens with one attached hydrogen (secondary N) is 1. The van der Waals surface area contributed by atoms with Crippen LogP contribution in [0.25, 0.3) is 0 Å². The van der Waals surface area contributed by atoms with E-state index in [4.69, 9.17) is 9.47 Å². The zero-order chi connectivity index (χ0) is 18.1. The van der Waals surface area contributed by atoms with E-state index in [1.54, 1.807) is 7.11 Å². The molecule has 0 unspecified atom stereocenters. The first kappa shape index (κ1) is 19.2. The first-order valence-corrected chi connectivity index (χ1v) is 8.98. The van der Waals surface area contributed by atoms with Gasteiger partial charge in [-0.05, 0) is 38.8 Å². The van der Waals surface area contributed by atoms with Crippen LogP contribution >= 0.6 is 0 Å². The molecule has 0 spiro atoms. The van der Waals surface area contributed by atoms with Crippen LogP contribution in [0.2, 0.25) is 0 Å². The second-order valence-electron chi connectivity index (χ2n) is 6.13. The Hall–Kier alpha value is -2.08. The first-order valence-electron chi connectivity index (χ1n) is 8.98. The number of nitrogens with zero attached hydrogens (tertiary/aromatic N) is 3. The summed E-state index contributed by atoms with van der Waals surface area (Å²) >= 11 is 0. The van der Waals surface area contributed by atoms with Gasteiger partial charge < -0.3 is 19.7 Å². The van der Waals surface area contributed by atoms with Crippen molar-refractivity contribution >= 4 is 11.8 Å². The number of hydrogen-bond donors (Lipinski definition) is 1. The summed E-state index contributed by atoms with van der Waals surface area (Å²) in [5.74, 6) is 2.65. The minimum absolute atomic E-state index is 0.700. The first-order chi connectivity index (χ1) is 12.2. The summed E-state index contributed by atoms with van der Waals surface area (Å²) in [6, 6.07) is 0. The molecule has 0 amide bonds. The maximum absolute atomic E-state index is 5.84. The zero-order valence-corrected chi connectivity index (χ0v) is 15.8. The highest BCUT2D eigenvalue weighted by Crippen LogP contribution is 2.24.